The lowest BCUT2D eigenvalue weighted by Gasteiger charge is -2.35. The molecule has 156 valence electrons. The number of nitrogens with zero attached hydrogens (tertiary/aromatic N) is 2. The summed E-state index contributed by atoms with van der Waals surface area (Å²) in [7, 11) is 0. The van der Waals surface area contributed by atoms with Crippen LogP contribution in [0.4, 0.5) is 11.4 Å². The molecular formula is C23H18N2O6. The van der Waals surface area contributed by atoms with Gasteiger partial charge in [-0.2, -0.15) is 0 Å². The van der Waals surface area contributed by atoms with Crippen LogP contribution in [-0.2, 0) is 9.59 Å². The molecule has 2 aromatic rings. The Morgan fingerprint density at radius 3 is 1.35 bits per heavy atom. The van der Waals surface area contributed by atoms with Crippen molar-refractivity contribution in [2.75, 3.05) is 0 Å². The van der Waals surface area contributed by atoms with Gasteiger partial charge in [0.15, 0.2) is 11.6 Å². The zero-order valence-corrected chi connectivity index (χ0v) is 16.4. The summed E-state index contributed by atoms with van der Waals surface area (Å²) in [6.45, 7) is 0. The van der Waals surface area contributed by atoms with Crippen molar-refractivity contribution in [1.82, 2.24) is 0 Å². The molecule has 0 aliphatic heterocycles. The second kappa shape index (κ2) is 8.06. The van der Waals surface area contributed by atoms with Gasteiger partial charge in [-0.05, 0) is 78.0 Å². The second-order valence-corrected chi connectivity index (χ2v) is 7.80. The molecule has 8 nitrogen and oxygen atoms in total. The predicted molar refractivity (Wildman–Crippen MR) is 113 cm³/mol. The molecule has 0 heterocycles. The molecule has 0 spiro atoms. The maximum atomic E-state index is 12.9. The van der Waals surface area contributed by atoms with Gasteiger partial charge in [-0.1, -0.05) is 0 Å². The number of hydrogen-bond donors (Lipinski definition) is 0. The van der Waals surface area contributed by atoms with E-state index in [9.17, 15) is 29.8 Å². The lowest BCUT2D eigenvalue weighted by molar-refractivity contribution is -0.385. The molecule has 0 radical (unpaired) electrons. The molecule has 0 amide bonds. The van der Waals surface area contributed by atoms with Gasteiger partial charge in [-0.25, -0.2) is 0 Å². The molecule has 2 aliphatic rings. The molecule has 2 atom stereocenters. The highest BCUT2D eigenvalue weighted by atomic mass is 16.6. The van der Waals surface area contributed by atoms with Gasteiger partial charge >= 0.3 is 0 Å². The number of allylic oxidation sites excluding steroid dienone is 2. The number of carbonyl (C=O) groups is 2. The molecule has 2 bridgehead atoms. The Bertz CT molecular complexity index is 1050. The van der Waals surface area contributed by atoms with Gasteiger partial charge in [0.2, 0.25) is 0 Å². The smallest absolute Gasteiger partial charge is 0.269 e. The monoisotopic (exact) mass is 418 g/mol. The molecule has 2 aromatic carbocycles. The van der Waals surface area contributed by atoms with Gasteiger partial charge < -0.3 is 0 Å². The predicted octanol–water partition coefficient (Wildman–Crippen LogP) is 4.54. The minimum atomic E-state index is -0.482. The molecule has 0 aromatic heterocycles. The lowest BCUT2D eigenvalue weighted by Crippen LogP contribution is -2.37. The number of Topliss-reactive ketones (excluding diaryl/α,β-unsaturated/α-hetero) is 2. The fraction of sp³-hybridized carbons (Fsp3) is 0.217. The van der Waals surface area contributed by atoms with Gasteiger partial charge in [0.05, 0.1) is 9.85 Å². The average Bonchev–Trinajstić information content (AvgIpc) is 2.75. The molecular weight excluding hydrogens is 400 g/mol. The summed E-state index contributed by atoms with van der Waals surface area (Å²) in [4.78, 5) is 46.5. The van der Waals surface area contributed by atoms with Crippen molar-refractivity contribution in [2.45, 2.75) is 19.3 Å². The van der Waals surface area contributed by atoms with E-state index < -0.39 is 9.85 Å². The third-order valence-corrected chi connectivity index (χ3v) is 5.77. The van der Waals surface area contributed by atoms with Crippen molar-refractivity contribution in [3.8, 4) is 0 Å². The van der Waals surface area contributed by atoms with E-state index in [0.717, 1.165) is 0 Å². The van der Waals surface area contributed by atoms with Crippen LogP contribution in [0.15, 0.2) is 59.7 Å². The molecule has 8 heteroatoms. The number of non-ortho nitro benzene ring substituents is 2. The van der Waals surface area contributed by atoms with Gasteiger partial charge in [-0.15, -0.1) is 0 Å². The maximum Gasteiger partial charge on any atom is 0.269 e. The summed E-state index contributed by atoms with van der Waals surface area (Å²) in [5, 5.41) is 21.6. The zero-order chi connectivity index (χ0) is 22.1. The number of benzene rings is 2. The fourth-order valence-electron chi connectivity index (χ4n) is 4.21. The van der Waals surface area contributed by atoms with E-state index in [1.807, 2.05) is 0 Å². The first-order valence-corrected chi connectivity index (χ1v) is 9.80. The summed E-state index contributed by atoms with van der Waals surface area (Å²) in [5.41, 5.74) is 2.46. The maximum absolute atomic E-state index is 12.9. The lowest BCUT2D eigenvalue weighted by atomic mass is 9.66. The third kappa shape index (κ3) is 4.18. The van der Waals surface area contributed by atoms with Crippen LogP contribution < -0.4 is 0 Å². The Hall–Kier alpha value is -3.94. The van der Waals surface area contributed by atoms with E-state index in [1.165, 1.54) is 24.3 Å². The van der Waals surface area contributed by atoms with E-state index in [4.69, 9.17) is 0 Å². The van der Waals surface area contributed by atoms with E-state index >= 15 is 0 Å². The number of nitro benzene ring substituents is 2. The Morgan fingerprint density at radius 2 is 1.03 bits per heavy atom. The molecule has 2 saturated carbocycles. The molecule has 31 heavy (non-hydrogen) atoms. The van der Waals surface area contributed by atoms with E-state index in [0.29, 0.717) is 41.5 Å². The number of nitro groups is 2. The van der Waals surface area contributed by atoms with Crippen LogP contribution in [-0.4, -0.2) is 21.4 Å². The van der Waals surface area contributed by atoms with E-state index in [-0.39, 0.29) is 34.8 Å². The van der Waals surface area contributed by atoms with Gasteiger partial charge in [0.1, 0.15) is 0 Å². The molecule has 2 aliphatic carbocycles. The van der Waals surface area contributed by atoms with Crippen molar-refractivity contribution >= 4 is 35.1 Å². The van der Waals surface area contributed by atoms with E-state index in [2.05, 4.69) is 0 Å². The largest absolute Gasteiger partial charge is 0.294 e. The Labute approximate surface area is 177 Å². The molecule has 0 N–H and O–H groups in total. The first kappa shape index (κ1) is 20.3. The SMILES string of the molecule is O=C1/C(=C/c2ccc([N+](=O)[O-])cc2)CC2CC1C/C(=C\c1ccc([N+](=O)[O-])cc1)C2=O. The normalized spacial score (nSPS) is 23.2. The van der Waals surface area contributed by atoms with Crippen LogP contribution >= 0.6 is 0 Å². The number of ketones is 2. The van der Waals surface area contributed by atoms with Crippen molar-refractivity contribution in [1.29, 1.82) is 0 Å². The van der Waals surface area contributed by atoms with Gasteiger partial charge in [0, 0.05) is 36.1 Å². The molecule has 2 unspecified atom stereocenters. The van der Waals surface area contributed by atoms with Gasteiger partial charge in [0.25, 0.3) is 11.4 Å². The summed E-state index contributed by atoms with van der Waals surface area (Å²) < 4.78 is 0. The highest BCUT2D eigenvalue weighted by molar-refractivity contribution is 6.10. The van der Waals surface area contributed by atoms with Crippen molar-refractivity contribution in [3.05, 3.63) is 91.0 Å². The minimum absolute atomic E-state index is 0.00305. The minimum Gasteiger partial charge on any atom is -0.294 e. The van der Waals surface area contributed by atoms with Crippen LogP contribution in [0.3, 0.4) is 0 Å². The summed E-state index contributed by atoms with van der Waals surface area (Å²) >= 11 is 0. The molecule has 0 saturated heterocycles. The van der Waals surface area contributed by atoms with Crippen molar-refractivity contribution in [3.63, 3.8) is 0 Å². The Morgan fingerprint density at radius 1 is 0.677 bits per heavy atom. The first-order chi connectivity index (χ1) is 14.8. The number of rotatable bonds is 4. The highest BCUT2D eigenvalue weighted by Gasteiger charge is 2.41. The van der Waals surface area contributed by atoms with Crippen LogP contribution in [0, 0.1) is 32.1 Å². The highest BCUT2D eigenvalue weighted by Crippen LogP contribution is 2.41. The van der Waals surface area contributed by atoms with E-state index in [1.54, 1.807) is 36.4 Å². The summed E-state index contributed by atoms with van der Waals surface area (Å²) in [6.07, 6.45) is 4.62. The summed E-state index contributed by atoms with van der Waals surface area (Å²) in [6, 6.07) is 11.9. The van der Waals surface area contributed by atoms with Crippen LogP contribution in [0.2, 0.25) is 0 Å². The van der Waals surface area contributed by atoms with Crippen molar-refractivity contribution in [2.24, 2.45) is 11.8 Å². The topological polar surface area (TPSA) is 120 Å². The van der Waals surface area contributed by atoms with Gasteiger partial charge in [-0.3, -0.25) is 29.8 Å². The quantitative estimate of drug-likeness (QED) is 0.408. The zero-order valence-electron chi connectivity index (χ0n) is 16.4. The summed E-state index contributed by atoms with van der Waals surface area (Å²) in [5.74, 6) is -0.580. The molecule has 4 rings (SSSR count). The Balaban J connectivity index is 1.55. The third-order valence-electron chi connectivity index (χ3n) is 5.77. The first-order valence-electron chi connectivity index (χ1n) is 9.80. The molecule has 2 fully saturated rings. The van der Waals surface area contributed by atoms with Crippen LogP contribution in [0.25, 0.3) is 12.2 Å². The number of fused-ring (bicyclic) bond motifs is 2. The number of carbonyl (C=O) groups excluding carboxylic acids is 2. The van der Waals surface area contributed by atoms with Crippen molar-refractivity contribution < 1.29 is 19.4 Å². The number of hydrogen-bond acceptors (Lipinski definition) is 6. The standard InChI is InChI=1S/C23H18N2O6/c26-22-16(9-14-1-5-20(6-2-14)24(28)29)11-18-13-19(22)12-17(23(18)27)10-15-3-7-21(8-4-15)25(30)31/h1-10,18-19H,11-13H2/b16-9+,17-10+. The Kier molecular flexibility index (Phi) is 5.29. The van der Waals surface area contributed by atoms with Crippen LogP contribution in [0.1, 0.15) is 30.4 Å². The fourth-order valence-corrected chi connectivity index (χ4v) is 4.21. The second-order valence-electron chi connectivity index (χ2n) is 7.80. The van der Waals surface area contributed by atoms with Crippen LogP contribution in [0.5, 0.6) is 0 Å². The average molecular weight is 418 g/mol.